The molecular weight excluding hydrogens is 358 g/mol. The molecule has 0 bridgehead atoms. The molecule has 144 valence electrons. The van der Waals surface area contributed by atoms with E-state index in [1.54, 1.807) is 7.11 Å². The van der Waals surface area contributed by atoms with Crippen LogP contribution < -0.4 is 4.74 Å². The normalized spacial score (nSPS) is 20.4. The topological polar surface area (TPSA) is 38.8 Å². The molecule has 0 N–H and O–H groups in total. The van der Waals surface area contributed by atoms with Gasteiger partial charge in [0.25, 0.3) is 0 Å². The summed E-state index contributed by atoms with van der Waals surface area (Å²) in [5, 5.41) is 2.15. The first kappa shape index (κ1) is 18.5. The van der Waals surface area contributed by atoms with E-state index in [2.05, 4.69) is 34.5 Å². The van der Waals surface area contributed by atoms with Crippen molar-refractivity contribution >= 4 is 17.2 Å². The van der Waals surface area contributed by atoms with Gasteiger partial charge in [0.15, 0.2) is 0 Å². The smallest absolute Gasteiger partial charge is 0.233 e. The van der Waals surface area contributed by atoms with E-state index in [-0.39, 0.29) is 5.91 Å². The van der Waals surface area contributed by atoms with Gasteiger partial charge in [0.1, 0.15) is 5.75 Å². The van der Waals surface area contributed by atoms with Crippen molar-refractivity contribution in [3.63, 3.8) is 0 Å². The number of ether oxygens (including phenoxy) is 2. The fourth-order valence-electron chi connectivity index (χ4n) is 4.45. The lowest BCUT2D eigenvalue weighted by atomic mass is 9.72. The van der Waals surface area contributed by atoms with Crippen molar-refractivity contribution in [1.82, 2.24) is 4.90 Å². The molecule has 2 saturated heterocycles. The number of piperidine rings is 1. The standard InChI is InChI=1S/C22H27NO3S/c1-25-19-6-4-18(5-7-19)22(10-14-26-15-11-22)21(24)23-12-8-17(9-13-23)20-3-2-16-27-20/h2-7,16-17H,8-15H2,1H3. The Morgan fingerprint density at radius 2 is 1.85 bits per heavy atom. The van der Waals surface area contributed by atoms with Gasteiger partial charge in [-0.15, -0.1) is 11.3 Å². The fraction of sp³-hybridized carbons (Fsp3) is 0.500. The van der Waals surface area contributed by atoms with Gasteiger partial charge in [0, 0.05) is 31.2 Å². The molecule has 4 nitrogen and oxygen atoms in total. The number of likely N-dealkylation sites (tertiary alicyclic amines) is 1. The molecule has 0 aliphatic carbocycles. The van der Waals surface area contributed by atoms with Gasteiger partial charge in [-0.1, -0.05) is 18.2 Å². The number of benzene rings is 1. The molecule has 0 atom stereocenters. The van der Waals surface area contributed by atoms with E-state index in [4.69, 9.17) is 9.47 Å². The average Bonchev–Trinajstić information content (AvgIpc) is 3.29. The average molecular weight is 386 g/mol. The van der Waals surface area contributed by atoms with E-state index in [1.807, 2.05) is 23.5 Å². The highest BCUT2D eigenvalue weighted by molar-refractivity contribution is 7.10. The molecule has 1 aromatic carbocycles. The molecule has 2 aromatic rings. The Labute approximate surface area is 165 Å². The molecule has 2 aliphatic heterocycles. The number of carbonyl (C=O) groups excluding carboxylic acids is 1. The number of thiophene rings is 1. The Hall–Kier alpha value is -1.85. The molecular formula is C22H27NO3S. The number of methoxy groups -OCH3 is 1. The van der Waals surface area contributed by atoms with Crippen LogP contribution in [0.15, 0.2) is 41.8 Å². The van der Waals surface area contributed by atoms with Crippen LogP contribution in [-0.4, -0.2) is 44.2 Å². The highest BCUT2D eigenvalue weighted by Gasteiger charge is 2.44. The lowest BCUT2D eigenvalue weighted by molar-refractivity contribution is -0.142. The maximum absolute atomic E-state index is 13.7. The van der Waals surface area contributed by atoms with Gasteiger partial charge >= 0.3 is 0 Å². The number of amides is 1. The minimum atomic E-state index is -0.458. The molecule has 3 heterocycles. The van der Waals surface area contributed by atoms with Gasteiger partial charge in [-0.3, -0.25) is 4.79 Å². The molecule has 5 heteroatoms. The van der Waals surface area contributed by atoms with Gasteiger partial charge in [0.05, 0.1) is 12.5 Å². The predicted molar refractivity (Wildman–Crippen MR) is 108 cm³/mol. The number of nitrogens with zero attached hydrogens (tertiary/aromatic N) is 1. The number of hydrogen-bond acceptors (Lipinski definition) is 4. The van der Waals surface area contributed by atoms with Crippen LogP contribution in [0.5, 0.6) is 5.75 Å². The second-order valence-electron chi connectivity index (χ2n) is 7.50. The van der Waals surface area contributed by atoms with Crippen molar-refractivity contribution in [2.24, 2.45) is 0 Å². The summed E-state index contributed by atoms with van der Waals surface area (Å²) in [4.78, 5) is 17.2. The maximum Gasteiger partial charge on any atom is 0.233 e. The summed E-state index contributed by atoms with van der Waals surface area (Å²) in [6.07, 6.45) is 3.62. The summed E-state index contributed by atoms with van der Waals surface area (Å²) < 4.78 is 10.9. The van der Waals surface area contributed by atoms with E-state index < -0.39 is 5.41 Å². The second-order valence-corrected chi connectivity index (χ2v) is 8.48. The van der Waals surface area contributed by atoms with E-state index in [1.165, 1.54) is 4.88 Å². The summed E-state index contributed by atoms with van der Waals surface area (Å²) in [6, 6.07) is 12.4. The van der Waals surface area contributed by atoms with E-state index in [0.29, 0.717) is 19.1 Å². The fourth-order valence-corrected chi connectivity index (χ4v) is 5.35. The van der Waals surface area contributed by atoms with Crippen LogP contribution in [0.4, 0.5) is 0 Å². The third-order valence-electron chi connectivity index (χ3n) is 6.13. The molecule has 1 amide bonds. The summed E-state index contributed by atoms with van der Waals surface area (Å²) in [6.45, 7) is 2.98. The molecule has 27 heavy (non-hydrogen) atoms. The first-order chi connectivity index (χ1) is 13.2. The zero-order valence-corrected chi connectivity index (χ0v) is 16.7. The van der Waals surface area contributed by atoms with Crippen molar-refractivity contribution in [2.45, 2.75) is 37.0 Å². The zero-order chi connectivity index (χ0) is 18.7. The molecule has 0 radical (unpaired) electrons. The summed E-state index contributed by atoms with van der Waals surface area (Å²) >= 11 is 1.83. The molecule has 4 rings (SSSR count). The quantitative estimate of drug-likeness (QED) is 0.791. The number of carbonyl (C=O) groups is 1. The predicted octanol–water partition coefficient (Wildman–Crippen LogP) is 4.21. The first-order valence-electron chi connectivity index (χ1n) is 9.78. The molecule has 2 aliphatic rings. The van der Waals surface area contributed by atoms with Crippen molar-refractivity contribution in [3.8, 4) is 5.75 Å². The van der Waals surface area contributed by atoms with Crippen LogP contribution in [0.2, 0.25) is 0 Å². The SMILES string of the molecule is COc1ccc(C2(C(=O)N3CCC(c4cccs4)CC3)CCOCC2)cc1. The van der Waals surface area contributed by atoms with Crippen LogP contribution in [0.1, 0.15) is 42.0 Å². The minimum Gasteiger partial charge on any atom is -0.497 e. The van der Waals surface area contributed by atoms with Crippen LogP contribution in [0.3, 0.4) is 0 Å². The van der Waals surface area contributed by atoms with E-state index in [0.717, 1.165) is 50.1 Å². The van der Waals surface area contributed by atoms with Gasteiger partial charge in [-0.25, -0.2) is 0 Å². The Morgan fingerprint density at radius 1 is 1.15 bits per heavy atom. The summed E-state index contributed by atoms with van der Waals surface area (Å²) in [5.41, 5.74) is 0.636. The van der Waals surface area contributed by atoms with Crippen LogP contribution >= 0.6 is 11.3 Å². The van der Waals surface area contributed by atoms with Crippen molar-refractivity contribution in [3.05, 3.63) is 52.2 Å². The number of hydrogen-bond donors (Lipinski definition) is 0. The zero-order valence-electron chi connectivity index (χ0n) is 15.9. The maximum atomic E-state index is 13.7. The Morgan fingerprint density at radius 3 is 2.44 bits per heavy atom. The second kappa shape index (κ2) is 8.03. The third-order valence-corrected chi connectivity index (χ3v) is 7.16. The van der Waals surface area contributed by atoms with Crippen LogP contribution in [0, 0.1) is 0 Å². The molecule has 0 spiro atoms. The van der Waals surface area contributed by atoms with Crippen molar-refractivity contribution < 1.29 is 14.3 Å². The van der Waals surface area contributed by atoms with Gasteiger partial charge in [-0.2, -0.15) is 0 Å². The lowest BCUT2D eigenvalue weighted by Crippen LogP contribution is -2.51. The highest BCUT2D eigenvalue weighted by Crippen LogP contribution is 2.39. The van der Waals surface area contributed by atoms with Gasteiger partial charge in [-0.05, 0) is 60.7 Å². The highest BCUT2D eigenvalue weighted by atomic mass is 32.1. The monoisotopic (exact) mass is 385 g/mol. The van der Waals surface area contributed by atoms with E-state index >= 15 is 0 Å². The summed E-state index contributed by atoms with van der Waals surface area (Å²) in [7, 11) is 1.67. The van der Waals surface area contributed by atoms with Gasteiger partial charge in [0.2, 0.25) is 5.91 Å². The summed E-state index contributed by atoms with van der Waals surface area (Å²) in [5.74, 6) is 1.70. The molecule has 1 aromatic heterocycles. The van der Waals surface area contributed by atoms with Crippen LogP contribution in [0.25, 0.3) is 0 Å². The lowest BCUT2D eigenvalue weighted by Gasteiger charge is -2.42. The minimum absolute atomic E-state index is 0.278. The Kier molecular flexibility index (Phi) is 5.50. The van der Waals surface area contributed by atoms with Crippen molar-refractivity contribution in [2.75, 3.05) is 33.4 Å². The molecule has 0 unspecified atom stereocenters. The van der Waals surface area contributed by atoms with E-state index in [9.17, 15) is 4.79 Å². The van der Waals surface area contributed by atoms with Crippen LogP contribution in [-0.2, 0) is 14.9 Å². The largest absolute Gasteiger partial charge is 0.497 e. The first-order valence-corrected chi connectivity index (χ1v) is 10.7. The Bertz CT molecular complexity index is 742. The van der Waals surface area contributed by atoms with Gasteiger partial charge < -0.3 is 14.4 Å². The Balaban J connectivity index is 1.53. The third kappa shape index (κ3) is 3.63. The number of rotatable bonds is 4. The van der Waals surface area contributed by atoms with Crippen molar-refractivity contribution in [1.29, 1.82) is 0 Å². The molecule has 0 saturated carbocycles. The molecule has 2 fully saturated rings.